The average Bonchev–Trinajstić information content (AvgIpc) is 2.84. The standard InChI is InChI=1S/C14H22N2O3S/c1-5-7-8-15(10(3)6-2)14-12(16(18)19)9-13(20-14)11(4)17/h9-10H,5-8H2,1-4H3. The lowest BCUT2D eigenvalue weighted by molar-refractivity contribution is -0.383. The number of rotatable bonds is 8. The average molecular weight is 298 g/mol. The van der Waals surface area contributed by atoms with Crippen molar-refractivity contribution in [3.05, 3.63) is 21.1 Å². The first kappa shape index (κ1) is 16.6. The molecule has 0 aliphatic rings. The first-order valence-electron chi connectivity index (χ1n) is 6.98. The van der Waals surface area contributed by atoms with Gasteiger partial charge in [0.25, 0.3) is 0 Å². The molecule has 0 saturated carbocycles. The molecule has 0 fully saturated rings. The van der Waals surface area contributed by atoms with Gasteiger partial charge in [-0.15, -0.1) is 11.3 Å². The Balaban J connectivity index is 3.22. The lowest BCUT2D eigenvalue weighted by Crippen LogP contribution is -2.33. The molecule has 1 heterocycles. The van der Waals surface area contributed by atoms with Crippen molar-refractivity contribution in [1.29, 1.82) is 0 Å². The van der Waals surface area contributed by atoms with Crippen LogP contribution in [0.2, 0.25) is 0 Å². The van der Waals surface area contributed by atoms with Crippen LogP contribution in [0.3, 0.4) is 0 Å². The highest BCUT2D eigenvalue weighted by molar-refractivity contribution is 7.18. The molecule has 0 amide bonds. The van der Waals surface area contributed by atoms with Gasteiger partial charge in [0.2, 0.25) is 0 Å². The second-order valence-corrected chi connectivity index (χ2v) is 5.95. The maximum atomic E-state index is 11.5. The number of anilines is 1. The Hall–Kier alpha value is -1.43. The maximum absolute atomic E-state index is 11.5. The van der Waals surface area contributed by atoms with E-state index in [4.69, 9.17) is 0 Å². The lowest BCUT2D eigenvalue weighted by Gasteiger charge is -2.28. The summed E-state index contributed by atoms with van der Waals surface area (Å²) in [4.78, 5) is 24.8. The largest absolute Gasteiger partial charge is 0.355 e. The van der Waals surface area contributed by atoms with E-state index in [2.05, 4.69) is 25.7 Å². The minimum Gasteiger partial charge on any atom is -0.355 e. The van der Waals surface area contributed by atoms with Crippen molar-refractivity contribution in [1.82, 2.24) is 0 Å². The molecule has 0 radical (unpaired) electrons. The Bertz CT molecular complexity index is 485. The first-order chi connectivity index (χ1) is 9.42. The van der Waals surface area contributed by atoms with Crippen molar-refractivity contribution in [3.63, 3.8) is 0 Å². The molecular formula is C14H22N2O3S. The molecule has 1 rings (SSSR count). The zero-order valence-corrected chi connectivity index (χ0v) is 13.3. The molecule has 20 heavy (non-hydrogen) atoms. The molecule has 0 aliphatic carbocycles. The number of unbranched alkanes of at least 4 members (excludes halogenated alkanes) is 1. The highest BCUT2D eigenvalue weighted by atomic mass is 32.1. The van der Waals surface area contributed by atoms with Gasteiger partial charge in [0.1, 0.15) is 0 Å². The Morgan fingerprint density at radius 3 is 2.60 bits per heavy atom. The summed E-state index contributed by atoms with van der Waals surface area (Å²) in [6.45, 7) is 8.45. The number of carbonyl (C=O) groups is 1. The molecule has 0 spiro atoms. The number of Topliss-reactive ketones (excluding diaryl/α,β-unsaturated/α-hetero) is 1. The zero-order valence-electron chi connectivity index (χ0n) is 12.5. The van der Waals surface area contributed by atoms with E-state index in [9.17, 15) is 14.9 Å². The van der Waals surface area contributed by atoms with Crippen LogP contribution in [0.1, 0.15) is 56.6 Å². The molecule has 0 aromatic carbocycles. The second-order valence-electron chi connectivity index (χ2n) is 4.92. The fraction of sp³-hybridized carbons (Fsp3) is 0.643. The monoisotopic (exact) mass is 298 g/mol. The molecule has 0 aliphatic heterocycles. The Morgan fingerprint density at radius 1 is 1.50 bits per heavy atom. The van der Waals surface area contributed by atoms with Crippen LogP contribution in [0.15, 0.2) is 6.07 Å². The van der Waals surface area contributed by atoms with Crippen molar-refractivity contribution in [2.45, 2.75) is 53.0 Å². The van der Waals surface area contributed by atoms with Crippen LogP contribution < -0.4 is 4.90 Å². The van der Waals surface area contributed by atoms with Gasteiger partial charge in [0.05, 0.1) is 9.80 Å². The van der Waals surface area contributed by atoms with Crippen LogP contribution in [0, 0.1) is 10.1 Å². The molecule has 5 nitrogen and oxygen atoms in total. The molecule has 0 N–H and O–H groups in total. The van der Waals surface area contributed by atoms with E-state index in [1.807, 2.05) is 0 Å². The Labute approximate surface area is 123 Å². The summed E-state index contributed by atoms with van der Waals surface area (Å²) in [5.41, 5.74) is 0.0524. The summed E-state index contributed by atoms with van der Waals surface area (Å²) in [7, 11) is 0. The van der Waals surface area contributed by atoms with Gasteiger partial charge in [-0.3, -0.25) is 14.9 Å². The summed E-state index contributed by atoms with van der Waals surface area (Å²) in [5.74, 6) is -0.121. The highest BCUT2D eigenvalue weighted by Gasteiger charge is 2.27. The smallest absolute Gasteiger partial charge is 0.304 e. The fourth-order valence-electron chi connectivity index (χ4n) is 1.95. The van der Waals surface area contributed by atoms with Crippen LogP contribution in [0.25, 0.3) is 0 Å². The van der Waals surface area contributed by atoms with Gasteiger partial charge in [0, 0.05) is 18.7 Å². The van der Waals surface area contributed by atoms with Crippen LogP contribution in [0.5, 0.6) is 0 Å². The zero-order chi connectivity index (χ0) is 15.3. The van der Waals surface area contributed by atoms with E-state index in [0.717, 1.165) is 25.8 Å². The van der Waals surface area contributed by atoms with Gasteiger partial charge in [-0.05, 0) is 26.7 Å². The van der Waals surface area contributed by atoms with Crippen molar-refractivity contribution in [3.8, 4) is 0 Å². The first-order valence-corrected chi connectivity index (χ1v) is 7.79. The minimum atomic E-state index is -0.389. The van der Waals surface area contributed by atoms with Gasteiger partial charge in [-0.1, -0.05) is 20.3 Å². The number of thiophene rings is 1. The summed E-state index contributed by atoms with van der Waals surface area (Å²) < 4.78 is 0. The molecule has 112 valence electrons. The molecule has 1 atom stereocenters. The summed E-state index contributed by atoms with van der Waals surface area (Å²) in [5, 5.41) is 11.8. The van der Waals surface area contributed by atoms with Crippen LogP contribution in [-0.2, 0) is 0 Å². The number of carbonyl (C=O) groups excluding carboxylic acids is 1. The third-order valence-corrected chi connectivity index (χ3v) is 4.64. The minimum absolute atomic E-state index is 0.0524. The molecule has 1 aromatic heterocycles. The second kappa shape index (κ2) is 7.38. The van der Waals surface area contributed by atoms with Crippen molar-refractivity contribution in [2.24, 2.45) is 0 Å². The summed E-state index contributed by atoms with van der Waals surface area (Å²) in [6.07, 6.45) is 2.93. The van der Waals surface area contributed by atoms with E-state index < -0.39 is 0 Å². The van der Waals surface area contributed by atoms with E-state index in [1.165, 1.54) is 24.3 Å². The molecular weight excluding hydrogens is 276 g/mol. The SMILES string of the molecule is CCCCN(c1sc(C(C)=O)cc1[N+](=O)[O-])C(C)CC. The van der Waals surface area contributed by atoms with E-state index in [1.54, 1.807) is 0 Å². The van der Waals surface area contributed by atoms with Gasteiger partial charge in [-0.2, -0.15) is 0 Å². The number of hydrogen-bond donors (Lipinski definition) is 0. The highest BCUT2D eigenvalue weighted by Crippen LogP contribution is 2.39. The molecule has 6 heteroatoms. The molecule has 0 bridgehead atoms. The van der Waals surface area contributed by atoms with Crippen LogP contribution >= 0.6 is 11.3 Å². The van der Waals surface area contributed by atoms with E-state index in [0.29, 0.717) is 9.88 Å². The van der Waals surface area contributed by atoms with E-state index in [-0.39, 0.29) is 22.4 Å². The molecule has 1 unspecified atom stereocenters. The number of hydrogen-bond acceptors (Lipinski definition) is 5. The predicted molar refractivity (Wildman–Crippen MR) is 83.0 cm³/mol. The van der Waals surface area contributed by atoms with Crippen molar-refractivity contribution >= 4 is 27.8 Å². The molecule has 1 aromatic rings. The Kier molecular flexibility index (Phi) is 6.13. The maximum Gasteiger partial charge on any atom is 0.304 e. The lowest BCUT2D eigenvalue weighted by atomic mass is 10.2. The predicted octanol–water partition coefficient (Wildman–Crippen LogP) is 4.26. The van der Waals surface area contributed by atoms with Gasteiger partial charge in [-0.25, -0.2) is 0 Å². The van der Waals surface area contributed by atoms with Crippen molar-refractivity contribution in [2.75, 3.05) is 11.4 Å². The fourth-order valence-corrected chi connectivity index (χ4v) is 3.10. The van der Waals surface area contributed by atoms with Crippen molar-refractivity contribution < 1.29 is 9.72 Å². The number of nitrogens with zero attached hydrogens (tertiary/aromatic N) is 2. The topological polar surface area (TPSA) is 63.5 Å². The van der Waals surface area contributed by atoms with E-state index >= 15 is 0 Å². The number of nitro groups is 1. The summed E-state index contributed by atoms with van der Waals surface area (Å²) in [6, 6.07) is 1.63. The summed E-state index contributed by atoms with van der Waals surface area (Å²) >= 11 is 1.23. The van der Waals surface area contributed by atoms with Crippen LogP contribution in [-0.4, -0.2) is 23.3 Å². The number of ketones is 1. The van der Waals surface area contributed by atoms with Gasteiger partial charge >= 0.3 is 5.69 Å². The van der Waals surface area contributed by atoms with Crippen LogP contribution in [0.4, 0.5) is 10.7 Å². The van der Waals surface area contributed by atoms with Gasteiger partial charge in [0.15, 0.2) is 10.8 Å². The van der Waals surface area contributed by atoms with Gasteiger partial charge < -0.3 is 4.90 Å². The Morgan fingerprint density at radius 2 is 2.15 bits per heavy atom. The quantitative estimate of drug-likeness (QED) is 0.408. The third-order valence-electron chi connectivity index (χ3n) is 3.37. The molecule has 0 saturated heterocycles. The third kappa shape index (κ3) is 3.79. The normalized spacial score (nSPS) is 12.2.